The largest absolute Gasteiger partial charge is 0.465 e. The minimum Gasteiger partial charge on any atom is -0.465 e. The van der Waals surface area contributed by atoms with E-state index in [9.17, 15) is 4.79 Å². The summed E-state index contributed by atoms with van der Waals surface area (Å²) in [6.07, 6.45) is 0. The van der Waals surface area contributed by atoms with E-state index in [1.54, 1.807) is 6.07 Å². The average Bonchev–Trinajstić information content (AvgIpc) is 3.19. The molecule has 3 nitrogen and oxygen atoms in total. The van der Waals surface area contributed by atoms with Crippen LogP contribution in [0.15, 0.2) is 89.3 Å². The molecule has 0 radical (unpaired) electrons. The molecule has 4 heteroatoms. The number of carbonyl (C=O) groups excluding carboxylic acids is 1. The summed E-state index contributed by atoms with van der Waals surface area (Å²) in [5.41, 5.74) is 3.90. The molecule has 138 valence electrons. The highest BCUT2D eigenvalue weighted by molar-refractivity contribution is 6.30. The zero-order valence-electron chi connectivity index (χ0n) is 15.2. The minimum atomic E-state index is -0.389. The lowest BCUT2D eigenvalue weighted by Crippen LogP contribution is -2.03. The normalized spacial score (nSPS) is 10.6. The van der Waals surface area contributed by atoms with Crippen molar-refractivity contribution in [2.75, 3.05) is 7.11 Å². The predicted octanol–water partition coefficient (Wildman–Crippen LogP) is 6.72. The van der Waals surface area contributed by atoms with E-state index in [2.05, 4.69) is 0 Å². The molecule has 4 rings (SSSR count). The van der Waals surface area contributed by atoms with Crippen LogP contribution in [0.5, 0.6) is 0 Å². The number of halogens is 1. The Labute approximate surface area is 168 Å². The van der Waals surface area contributed by atoms with Crippen molar-refractivity contribution in [3.8, 4) is 33.8 Å². The Hall–Kier alpha value is -3.30. The molecule has 3 aromatic carbocycles. The fourth-order valence-corrected chi connectivity index (χ4v) is 3.28. The molecule has 0 spiro atoms. The van der Waals surface area contributed by atoms with Gasteiger partial charge >= 0.3 is 5.97 Å². The van der Waals surface area contributed by atoms with Crippen LogP contribution in [0, 0.1) is 0 Å². The van der Waals surface area contributed by atoms with Crippen molar-refractivity contribution >= 4 is 17.6 Å². The maximum Gasteiger partial charge on any atom is 0.338 e. The third kappa shape index (κ3) is 3.45. The van der Waals surface area contributed by atoms with Crippen molar-refractivity contribution in [2.45, 2.75) is 0 Å². The summed E-state index contributed by atoms with van der Waals surface area (Å²) in [7, 11) is 1.38. The van der Waals surface area contributed by atoms with Crippen molar-refractivity contribution in [1.29, 1.82) is 0 Å². The lowest BCUT2D eigenvalue weighted by molar-refractivity contribution is 0.0601. The molecule has 0 atom stereocenters. The maximum absolute atomic E-state index is 12.3. The monoisotopic (exact) mass is 388 g/mol. The van der Waals surface area contributed by atoms with Crippen LogP contribution in [-0.4, -0.2) is 13.1 Å². The van der Waals surface area contributed by atoms with Crippen molar-refractivity contribution in [2.24, 2.45) is 0 Å². The molecule has 1 aromatic heterocycles. The molecule has 0 fully saturated rings. The van der Waals surface area contributed by atoms with E-state index in [0.29, 0.717) is 16.3 Å². The van der Waals surface area contributed by atoms with Crippen LogP contribution < -0.4 is 0 Å². The molecule has 28 heavy (non-hydrogen) atoms. The van der Waals surface area contributed by atoms with Gasteiger partial charge in [0.05, 0.1) is 12.7 Å². The molecule has 0 amide bonds. The van der Waals surface area contributed by atoms with E-state index in [4.69, 9.17) is 20.8 Å². The Morgan fingerprint density at radius 2 is 1.50 bits per heavy atom. The van der Waals surface area contributed by atoms with Gasteiger partial charge in [-0.3, -0.25) is 0 Å². The first-order valence-corrected chi connectivity index (χ1v) is 9.18. The number of furan rings is 1. The lowest BCUT2D eigenvalue weighted by atomic mass is 9.97. The molecule has 0 aliphatic carbocycles. The van der Waals surface area contributed by atoms with Gasteiger partial charge in [-0.25, -0.2) is 4.79 Å². The van der Waals surface area contributed by atoms with Gasteiger partial charge in [0.2, 0.25) is 0 Å². The number of carbonyl (C=O) groups is 1. The Kier molecular flexibility index (Phi) is 5.00. The maximum atomic E-state index is 12.3. The highest BCUT2D eigenvalue weighted by Gasteiger charge is 2.21. The number of hydrogen-bond acceptors (Lipinski definition) is 3. The van der Waals surface area contributed by atoms with Gasteiger partial charge in [0, 0.05) is 27.3 Å². The molecule has 4 aromatic rings. The summed E-state index contributed by atoms with van der Waals surface area (Å²) < 4.78 is 11.2. The van der Waals surface area contributed by atoms with Crippen LogP contribution in [0.2, 0.25) is 5.02 Å². The highest BCUT2D eigenvalue weighted by Crippen LogP contribution is 2.40. The Morgan fingerprint density at radius 1 is 0.821 bits per heavy atom. The van der Waals surface area contributed by atoms with Crippen molar-refractivity contribution < 1.29 is 13.9 Å². The van der Waals surface area contributed by atoms with Crippen molar-refractivity contribution in [3.05, 3.63) is 95.5 Å². The zero-order chi connectivity index (χ0) is 19.5. The Bertz CT molecular complexity index is 1110. The average molecular weight is 389 g/mol. The standard InChI is InChI=1S/C24H17ClO3/c1-27-24(26)20-10-6-5-9-19(20)21-15-22(16-7-3-2-4-8-16)28-23(21)17-11-13-18(25)14-12-17/h2-15H,1H3. The first-order valence-electron chi connectivity index (χ1n) is 8.80. The fraction of sp³-hybridized carbons (Fsp3) is 0.0417. The van der Waals surface area contributed by atoms with Crippen LogP contribution in [0.1, 0.15) is 10.4 Å². The Morgan fingerprint density at radius 3 is 2.21 bits per heavy atom. The van der Waals surface area contributed by atoms with Gasteiger partial charge in [0.15, 0.2) is 0 Å². The Balaban J connectivity index is 1.95. The molecule has 0 unspecified atom stereocenters. The van der Waals surface area contributed by atoms with Crippen LogP contribution in [0.4, 0.5) is 0 Å². The quantitative estimate of drug-likeness (QED) is 0.364. The molecule has 0 aliphatic rings. The molecule has 0 saturated heterocycles. The fourth-order valence-electron chi connectivity index (χ4n) is 3.16. The SMILES string of the molecule is COC(=O)c1ccccc1-c1cc(-c2ccccc2)oc1-c1ccc(Cl)cc1. The third-order valence-corrected chi connectivity index (χ3v) is 4.77. The molecule has 0 N–H and O–H groups in total. The summed E-state index contributed by atoms with van der Waals surface area (Å²) in [4.78, 5) is 12.3. The minimum absolute atomic E-state index is 0.389. The van der Waals surface area contributed by atoms with E-state index < -0.39 is 0 Å². The highest BCUT2D eigenvalue weighted by atomic mass is 35.5. The van der Waals surface area contributed by atoms with Crippen molar-refractivity contribution in [1.82, 2.24) is 0 Å². The molecular weight excluding hydrogens is 372 g/mol. The predicted molar refractivity (Wildman–Crippen MR) is 111 cm³/mol. The molecule has 0 bridgehead atoms. The first-order chi connectivity index (χ1) is 13.7. The van der Waals surface area contributed by atoms with Gasteiger partial charge < -0.3 is 9.15 Å². The van der Waals surface area contributed by atoms with Crippen LogP contribution in [-0.2, 0) is 4.74 Å². The molecular formula is C24H17ClO3. The second-order valence-corrected chi connectivity index (χ2v) is 6.70. The number of rotatable bonds is 4. The van der Waals surface area contributed by atoms with Gasteiger partial charge in [-0.05, 0) is 36.4 Å². The number of benzene rings is 3. The number of ether oxygens (including phenoxy) is 1. The van der Waals surface area contributed by atoms with Gasteiger partial charge in [0.1, 0.15) is 11.5 Å². The smallest absolute Gasteiger partial charge is 0.338 e. The summed E-state index contributed by atoms with van der Waals surface area (Å²) >= 11 is 6.05. The van der Waals surface area contributed by atoms with Gasteiger partial charge in [0.25, 0.3) is 0 Å². The summed E-state index contributed by atoms with van der Waals surface area (Å²) in [6, 6.07) is 26.6. The summed E-state index contributed by atoms with van der Waals surface area (Å²) in [5.74, 6) is 1.01. The number of methoxy groups -OCH3 is 1. The van der Waals surface area contributed by atoms with Crippen LogP contribution >= 0.6 is 11.6 Å². The van der Waals surface area contributed by atoms with Gasteiger partial charge in [-0.2, -0.15) is 0 Å². The van der Waals surface area contributed by atoms with Crippen molar-refractivity contribution in [3.63, 3.8) is 0 Å². The van der Waals surface area contributed by atoms with E-state index in [0.717, 1.165) is 28.0 Å². The van der Waals surface area contributed by atoms with Gasteiger partial charge in [-0.1, -0.05) is 60.1 Å². The molecule has 1 heterocycles. The van der Waals surface area contributed by atoms with E-state index in [-0.39, 0.29) is 5.97 Å². The topological polar surface area (TPSA) is 39.4 Å². The number of hydrogen-bond donors (Lipinski definition) is 0. The summed E-state index contributed by atoms with van der Waals surface area (Å²) in [6.45, 7) is 0. The summed E-state index contributed by atoms with van der Waals surface area (Å²) in [5, 5.41) is 0.648. The second-order valence-electron chi connectivity index (χ2n) is 6.26. The third-order valence-electron chi connectivity index (χ3n) is 4.52. The lowest BCUT2D eigenvalue weighted by Gasteiger charge is -2.08. The van der Waals surface area contributed by atoms with E-state index in [1.807, 2.05) is 78.9 Å². The van der Waals surface area contributed by atoms with Crippen LogP contribution in [0.3, 0.4) is 0 Å². The van der Waals surface area contributed by atoms with Gasteiger partial charge in [-0.15, -0.1) is 0 Å². The number of esters is 1. The first kappa shape index (κ1) is 18.1. The second kappa shape index (κ2) is 7.75. The van der Waals surface area contributed by atoms with E-state index >= 15 is 0 Å². The molecule has 0 aliphatic heterocycles. The molecule has 0 saturated carbocycles. The van der Waals surface area contributed by atoms with E-state index in [1.165, 1.54) is 7.11 Å². The zero-order valence-corrected chi connectivity index (χ0v) is 15.9. The van der Waals surface area contributed by atoms with Crippen LogP contribution in [0.25, 0.3) is 33.8 Å².